The predicted molar refractivity (Wildman–Crippen MR) is 92.0 cm³/mol. The number of nitrogens with zero attached hydrogens (tertiary/aromatic N) is 4. The van der Waals surface area contributed by atoms with Crippen LogP contribution in [0.2, 0.25) is 0 Å². The molecule has 0 spiro atoms. The second kappa shape index (κ2) is 5.99. The molecule has 0 unspecified atom stereocenters. The molecule has 3 heterocycles. The zero-order chi connectivity index (χ0) is 16.6. The molecule has 0 saturated carbocycles. The maximum Gasteiger partial charge on any atom is 0.232 e. The average Bonchev–Trinajstić information content (AvgIpc) is 2.76. The maximum atomic E-state index is 6.44. The van der Waals surface area contributed by atoms with E-state index in [0.717, 1.165) is 35.5 Å². The molecule has 5 nitrogen and oxygen atoms in total. The van der Waals surface area contributed by atoms with Crippen molar-refractivity contribution in [3.8, 4) is 0 Å². The Morgan fingerprint density at radius 2 is 2.09 bits per heavy atom. The Morgan fingerprint density at radius 3 is 2.74 bits per heavy atom. The third-order valence-corrected chi connectivity index (χ3v) is 4.31. The quantitative estimate of drug-likeness (QED) is 0.754. The molecule has 0 bridgehead atoms. The summed E-state index contributed by atoms with van der Waals surface area (Å²) in [5.74, 6) is 1.33. The largest absolute Gasteiger partial charge is 0.318 e. The van der Waals surface area contributed by atoms with Crippen molar-refractivity contribution >= 4 is 16.9 Å². The van der Waals surface area contributed by atoms with Crippen molar-refractivity contribution in [3.05, 3.63) is 47.7 Å². The van der Waals surface area contributed by atoms with Crippen LogP contribution in [-0.4, -0.2) is 14.5 Å². The molecule has 0 amide bonds. The summed E-state index contributed by atoms with van der Waals surface area (Å²) >= 11 is 0. The highest BCUT2D eigenvalue weighted by Gasteiger charge is 2.21. The number of hydrogen-bond donors (Lipinski definition) is 1. The second-order valence-corrected chi connectivity index (χ2v) is 6.53. The molecule has 3 aromatic heterocycles. The Labute approximate surface area is 136 Å². The van der Waals surface area contributed by atoms with Crippen LogP contribution in [0.1, 0.15) is 30.7 Å². The van der Waals surface area contributed by atoms with Crippen LogP contribution < -0.4 is 10.3 Å². The van der Waals surface area contributed by atoms with Crippen molar-refractivity contribution in [2.75, 3.05) is 5.73 Å². The minimum absolute atomic E-state index is 0.528. The molecule has 0 radical (unpaired) electrons. The summed E-state index contributed by atoms with van der Waals surface area (Å²) in [6, 6.07) is 4.04. The van der Waals surface area contributed by atoms with Gasteiger partial charge in [-0.15, -0.1) is 0 Å². The summed E-state index contributed by atoms with van der Waals surface area (Å²) in [7, 11) is 0. The van der Waals surface area contributed by atoms with E-state index in [9.17, 15) is 0 Å². The monoisotopic (exact) mass is 310 g/mol. The molecule has 0 aliphatic carbocycles. The van der Waals surface area contributed by atoms with Gasteiger partial charge >= 0.3 is 0 Å². The standard InChI is InChI=1S/C18H23N5/c1-12(2)9-22-11-21-18-16(17(22)19)13(3)14(4)23(18)10-15-6-5-7-20-8-15/h5-8,11-12,19H,9-10H2,1-4H3/p+1. The van der Waals surface area contributed by atoms with Gasteiger partial charge in [0.05, 0.1) is 13.1 Å². The zero-order valence-electron chi connectivity index (χ0n) is 14.2. The van der Waals surface area contributed by atoms with E-state index in [4.69, 9.17) is 10.7 Å². The van der Waals surface area contributed by atoms with Crippen molar-refractivity contribution < 1.29 is 4.57 Å². The molecule has 0 aliphatic rings. The lowest BCUT2D eigenvalue weighted by atomic mass is 10.2. The number of aryl methyl sites for hydroxylation is 1. The van der Waals surface area contributed by atoms with Crippen LogP contribution in [0.4, 0.5) is 5.82 Å². The fourth-order valence-corrected chi connectivity index (χ4v) is 3.02. The van der Waals surface area contributed by atoms with Gasteiger partial charge in [-0.3, -0.25) is 4.98 Å². The van der Waals surface area contributed by atoms with E-state index >= 15 is 0 Å². The molecule has 0 aliphatic heterocycles. The second-order valence-electron chi connectivity index (χ2n) is 6.53. The van der Waals surface area contributed by atoms with E-state index in [0.29, 0.717) is 5.92 Å². The van der Waals surface area contributed by atoms with Crippen molar-refractivity contribution in [3.63, 3.8) is 0 Å². The first kappa shape index (κ1) is 15.5. The molecular formula is C18H24N5+. The van der Waals surface area contributed by atoms with Crippen molar-refractivity contribution in [2.24, 2.45) is 5.92 Å². The number of rotatable bonds is 4. The number of aromatic nitrogens is 4. The van der Waals surface area contributed by atoms with Gasteiger partial charge in [0.2, 0.25) is 17.8 Å². The van der Waals surface area contributed by atoms with Crippen molar-refractivity contribution in [1.29, 1.82) is 0 Å². The Bertz CT molecular complexity index is 834. The topological polar surface area (TPSA) is 60.6 Å². The van der Waals surface area contributed by atoms with E-state index in [2.05, 4.69) is 43.3 Å². The van der Waals surface area contributed by atoms with E-state index in [1.807, 2.05) is 23.2 Å². The smallest absolute Gasteiger partial charge is 0.232 e. The third-order valence-electron chi connectivity index (χ3n) is 4.31. The van der Waals surface area contributed by atoms with E-state index in [1.165, 1.54) is 11.3 Å². The summed E-state index contributed by atoms with van der Waals surface area (Å²) in [6.07, 6.45) is 5.54. The highest BCUT2D eigenvalue weighted by molar-refractivity contribution is 5.89. The molecule has 2 N–H and O–H groups in total. The lowest BCUT2D eigenvalue weighted by Crippen LogP contribution is -2.40. The molecule has 120 valence electrons. The minimum atomic E-state index is 0.528. The van der Waals surface area contributed by atoms with Gasteiger partial charge in [-0.2, -0.15) is 0 Å². The Hall–Kier alpha value is -2.43. The first-order valence-electron chi connectivity index (χ1n) is 8.01. The van der Waals surface area contributed by atoms with Crippen LogP contribution >= 0.6 is 0 Å². The summed E-state index contributed by atoms with van der Waals surface area (Å²) in [5.41, 5.74) is 10.9. The van der Waals surface area contributed by atoms with Crippen LogP contribution in [0.3, 0.4) is 0 Å². The SMILES string of the molecule is Cc1c(C)n(Cc2cccnc2)c2nc[n+](CC(C)C)c(N)c12. The van der Waals surface area contributed by atoms with Gasteiger partial charge in [0.1, 0.15) is 5.39 Å². The summed E-state index contributed by atoms with van der Waals surface area (Å²) in [6.45, 7) is 10.2. The highest BCUT2D eigenvalue weighted by Crippen LogP contribution is 2.27. The van der Waals surface area contributed by atoms with Crippen LogP contribution in [0.5, 0.6) is 0 Å². The summed E-state index contributed by atoms with van der Waals surface area (Å²) < 4.78 is 4.27. The van der Waals surface area contributed by atoms with E-state index < -0.39 is 0 Å². The maximum absolute atomic E-state index is 6.44. The number of hydrogen-bond acceptors (Lipinski definition) is 3. The summed E-state index contributed by atoms with van der Waals surface area (Å²) in [5, 5.41) is 1.06. The van der Waals surface area contributed by atoms with Gasteiger partial charge in [-0.25, -0.2) is 4.57 Å². The molecule has 5 heteroatoms. The number of anilines is 1. The van der Waals surface area contributed by atoms with Gasteiger partial charge in [0, 0.05) is 18.1 Å². The highest BCUT2D eigenvalue weighted by atomic mass is 15.1. The minimum Gasteiger partial charge on any atom is -0.318 e. The molecule has 0 saturated heterocycles. The molecule has 3 aromatic rings. The Morgan fingerprint density at radius 1 is 1.30 bits per heavy atom. The van der Waals surface area contributed by atoms with Gasteiger partial charge in [-0.05, 0) is 37.0 Å². The van der Waals surface area contributed by atoms with Crippen molar-refractivity contribution in [2.45, 2.75) is 40.8 Å². The number of nitrogens with two attached hydrogens (primary N) is 1. The first-order valence-corrected chi connectivity index (χ1v) is 8.01. The van der Waals surface area contributed by atoms with Gasteiger partial charge < -0.3 is 10.3 Å². The van der Waals surface area contributed by atoms with Crippen LogP contribution in [0.25, 0.3) is 11.0 Å². The average molecular weight is 310 g/mol. The number of nitrogen functional groups attached to an aromatic ring is 1. The first-order chi connectivity index (χ1) is 11.0. The molecule has 0 aromatic carbocycles. The number of pyridine rings is 1. The van der Waals surface area contributed by atoms with Crippen LogP contribution in [-0.2, 0) is 13.1 Å². The Balaban J connectivity index is 2.13. The van der Waals surface area contributed by atoms with Gasteiger partial charge in [-0.1, -0.05) is 24.9 Å². The zero-order valence-corrected chi connectivity index (χ0v) is 14.2. The fourth-order valence-electron chi connectivity index (χ4n) is 3.02. The van der Waals surface area contributed by atoms with E-state index in [1.54, 1.807) is 6.20 Å². The van der Waals surface area contributed by atoms with Gasteiger partial charge in [0.25, 0.3) is 0 Å². The third kappa shape index (κ3) is 2.79. The lowest BCUT2D eigenvalue weighted by Gasteiger charge is -2.08. The molecule has 3 rings (SSSR count). The van der Waals surface area contributed by atoms with Crippen molar-refractivity contribution in [1.82, 2.24) is 14.5 Å². The van der Waals surface area contributed by atoms with Gasteiger partial charge in [0.15, 0.2) is 0 Å². The molecule has 0 atom stereocenters. The van der Waals surface area contributed by atoms with Crippen LogP contribution in [0.15, 0.2) is 30.9 Å². The number of fused-ring (bicyclic) bond motifs is 1. The summed E-state index contributed by atoms with van der Waals surface area (Å²) in [4.78, 5) is 8.90. The van der Waals surface area contributed by atoms with E-state index in [-0.39, 0.29) is 0 Å². The Kier molecular flexibility index (Phi) is 4.03. The lowest BCUT2D eigenvalue weighted by molar-refractivity contribution is -0.690. The van der Waals surface area contributed by atoms with Crippen LogP contribution in [0, 0.1) is 19.8 Å². The molecular weight excluding hydrogens is 286 g/mol. The predicted octanol–water partition coefficient (Wildman–Crippen LogP) is 2.62. The molecule has 0 fully saturated rings. The normalized spacial score (nSPS) is 11.5. The molecule has 23 heavy (non-hydrogen) atoms. The fraction of sp³-hybridized carbons (Fsp3) is 0.389.